The first-order chi connectivity index (χ1) is 8.63. The summed E-state index contributed by atoms with van der Waals surface area (Å²) in [5.41, 5.74) is 8.46. The molecule has 2 aromatic rings. The molecule has 0 aliphatic rings. The average molecular weight is 245 g/mol. The van der Waals surface area contributed by atoms with Gasteiger partial charge in [0.05, 0.1) is 13.2 Å². The Kier molecular flexibility index (Phi) is 3.63. The lowest BCUT2D eigenvalue weighted by atomic mass is 9.97. The van der Waals surface area contributed by atoms with Crippen molar-refractivity contribution in [3.8, 4) is 5.75 Å². The number of benzene rings is 2. The third-order valence-electron chi connectivity index (χ3n) is 3.02. The van der Waals surface area contributed by atoms with Gasteiger partial charge in [0.25, 0.3) is 0 Å². The molecule has 0 amide bonds. The number of rotatable bonds is 3. The van der Waals surface area contributed by atoms with E-state index in [1.165, 1.54) is 6.07 Å². The first kappa shape index (κ1) is 12.6. The van der Waals surface area contributed by atoms with Crippen molar-refractivity contribution in [1.82, 2.24) is 0 Å². The van der Waals surface area contributed by atoms with Gasteiger partial charge >= 0.3 is 0 Å². The number of aryl methyl sites for hydroxylation is 1. The van der Waals surface area contributed by atoms with Crippen molar-refractivity contribution < 1.29 is 9.13 Å². The third kappa shape index (κ3) is 2.36. The molecule has 94 valence electrons. The lowest BCUT2D eigenvalue weighted by Crippen LogP contribution is -2.13. The number of ether oxygens (including phenoxy) is 1. The minimum Gasteiger partial charge on any atom is -0.496 e. The Morgan fingerprint density at radius 3 is 2.50 bits per heavy atom. The molecule has 0 fully saturated rings. The number of nitrogens with two attached hydrogens (primary N) is 1. The Hall–Kier alpha value is -1.87. The minimum atomic E-state index is -0.462. The van der Waals surface area contributed by atoms with Crippen molar-refractivity contribution >= 4 is 0 Å². The van der Waals surface area contributed by atoms with Crippen LogP contribution in [0.15, 0.2) is 42.5 Å². The van der Waals surface area contributed by atoms with E-state index in [2.05, 4.69) is 0 Å². The van der Waals surface area contributed by atoms with E-state index >= 15 is 0 Å². The van der Waals surface area contributed by atoms with Crippen LogP contribution in [0.5, 0.6) is 5.75 Å². The van der Waals surface area contributed by atoms with Gasteiger partial charge in [-0.15, -0.1) is 0 Å². The van der Waals surface area contributed by atoms with E-state index in [0.29, 0.717) is 5.56 Å². The first-order valence-electron chi connectivity index (χ1n) is 5.78. The zero-order chi connectivity index (χ0) is 13.1. The molecule has 0 saturated heterocycles. The van der Waals surface area contributed by atoms with E-state index in [0.717, 1.165) is 16.9 Å². The molecular formula is C15H16FNO. The fourth-order valence-corrected chi connectivity index (χ4v) is 2.00. The molecule has 1 atom stereocenters. The van der Waals surface area contributed by atoms with Crippen molar-refractivity contribution in [3.05, 3.63) is 65.0 Å². The molecule has 0 aliphatic carbocycles. The summed E-state index contributed by atoms with van der Waals surface area (Å²) in [5.74, 6) is 0.526. The van der Waals surface area contributed by atoms with Crippen molar-refractivity contribution in [2.75, 3.05) is 7.11 Å². The zero-order valence-electron chi connectivity index (χ0n) is 10.5. The Balaban J connectivity index is 2.37. The summed E-state index contributed by atoms with van der Waals surface area (Å²) in [5, 5.41) is 0. The normalized spacial score (nSPS) is 12.2. The van der Waals surface area contributed by atoms with Crippen LogP contribution in [0.2, 0.25) is 0 Å². The average Bonchev–Trinajstić information content (AvgIpc) is 2.38. The largest absolute Gasteiger partial charge is 0.496 e. The maximum Gasteiger partial charge on any atom is 0.128 e. The van der Waals surface area contributed by atoms with E-state index in [1.807, 2.05) is 25.1 Å². The number of hydrogen-bond donors (Lipinski definition) is 1. The van der Waals surface area contributed by atoms with Crippen molar-refractivity contribution in [2.45, 2.75) is 13.0 Å². The molecule has 2 N–H and O–H groups in total. The van der Waals surface area contributed by atoms with Crippen molar-refractivity contribution in [2.24, 2.45) is 5.73 Å². The van der Waals surface area contributed by atoms with Gasteiger partial charge in [-0.05, 0) is 30.2 Å². The van der Waals surface area contributed by atoms with Gasteiger partial charge in [0, 0.05) is 5.56 Å². The number of methoxy groups -OCH3 is 1. The van der Waals surface area contributed by atoms with E-state index < -0.39 is 6.04 Å². The molecule has 0 aliphatic heterocycles. The lowest BCUT2D eigenvalue weighted by molar-refractivity contribution is 0.411. The summed E-state index contributed by atoms with van der Waals surface area (Å²) in [6.45, 7) is 1.94. The van der Waals surface area contributed by atoms with Gasteiger partial charge in [0.2, 0.25) is 0 Å². The van der Waals surface area contributed by atoms with Gasteiger partial charge in [-0.2, -0.15) is 0 Å². The fraction of sp³-hybridized carbons (Fsp3) is 0.200. The van der Waals surface area contributed by atoms with Crippen LogP contribution < -0.4 is 10.5 Å². The molecule has 0 saturated carbocycles. The minimum absolute atomic E-state index is 0.279. The molecule has 0 heterocycles. The Morgan fingerprint density at radius 1 is 1.17 bits per heavy atom. The van der Waals surface area contributed by atoms with Crippen LogP contribution in [0, 0.1) is 12.7 Å². The van der Waals surface area contributed by atoms with E-state index in [1.54, 1.807) is 25.3 Å². The van der Waals surface area contributed by atoms with Crippen LogP contribution in [-0.2, 0) is 0 Å². The zero-order valence-corrected chi connectivity index (χ0v) is 10.5. The van der Waals surface area contributed by atoms with Crippen LogP contribution in [-0.4, -0.2) is 7.11 Å². The standard InChI is InChI=1S/C15H16FNO/c1-10-9-11(7-8-14(10)18-2)15(17)12-5-3-4-6-13(12)16/h3-9,15H,17H2,1-2H3. The van der Waals surface area contributed by atoms with E-state index in [9.17, 15) is 4.39 Å². The summed E-state index contributed by atoms with van der Waals surface area (Å²) in [7, 11) is 1.62. The molecule has 0 bridgehead atoms. The topological polar surface area (TPSA) is 35.2 Å². The highest BCUT2D eigenvalue weighted by molar-refractivity contribution is 5.40. The van der Waals surface area contributed by atoms with Gasteiger partial charge in [-0.25, -0.2) is 4.39 Å². The smallest absolute Gasteiger partial charge is 0.128 e. The van der Waals surface area contributed by atoms with Crippen LogP contribution in [0.4, 0.5) is 4.39 Å². The summed E-state index contributed by atoms with van der Waals surface area (Å²) < 4.78 is 18.9. The third-order valence-corrected chi connectivity index (χ3v) is 3.02. The Bertz CT molecular complexity index is 554. The van der Waals surface area contributed by atoms with Crippen LogP contribution in [0.3, 0.4) is 0 Å². The summed E-state index contributed by atoms with van der Waals surface area (Å²) in [6, 6.07) is 11.8. The van der Waals surface area contributed by atoms with Gasteiger partial charge < -0.3 is 10.5 Å². The maximum atomic E-state index is 13.7. The van der Waals surface area contributed by atoms with Gasteiger partial charge in [0.1, 0.15) is 11.6 Å². The highest BCUT2D eigenvalue weighted by atomic mass is 19.1. The fourth-order valence-electron chi connectivity index (χ4n) is 2.00. The molecular weight excluding hydrogens is 229 g/mol. The van der Waals surface area contributed by atoms with Crippen LogP contribution in [0.1, 0.15) is 22.7 Å². The molecule has 3 heteroatoms. The Labute approximate surface area is 106 Å². The molecule has 0 aromatic heterocycles. The molecule has 0 radical (unpaired) electrons. The van der Waals surface area contributed by atoms with Gasteiger partial charge in [-0.3, -0.25) is 0 Å². The molecule has 2 rings (SSSR count). The van der Waals surface area contributed by atoms with Crippen LogP contribution in [0.25, 0.3) is 0 Å². The highest BCUT2D eigenvalue weighted by Gasteiger charge is 2.13. The van der Waals surface area contributed by atoms with Gasteiger partial charge in [-0.1, -0.05) is 30.3 Å². The van der Waals surface area contributed by atoms with Crippen LogP contribution >= 0.6 is 0 Å². The lowest BCUT2D eigenvalue weighted by Gasteiger charge is -2.15. The first-order valence-corrected chi connectivity index (χ1v) is 5.78. The number of hydrogen-bond acceptors (Lipinski definition) is 2. The quantitative estimate of drug-likeness (QED) is 0.901. The summed E-state index contributed by atoms with van der Waals surface area (Å²) in [4.78, 5) is 0. The van der Waals surface area contributed by atoms with E-state index in [4.69, 9.17) is 10.5 Å². The predicted octanol–water partition coefficient (Wildman–Crippen LogP) is 3.19. The predicted molar refractivity (Wildman–Crippen MR) is 70.2 cm³/mol. The number of halogens is 1. The van der Waals surface area contributed by atoms with Crippen molar-refractivity contribution in [1.29, 1.82) is 0 Å². The Morgan fingerprint density at radius 2 is 1.89 bits per heavy atom. The molecule has 18 heavy (non-hydrogen) atoms. The molecule has 1 unspecified atom stereocenters. The van der Waals surface area contributed by atoms with Gasteiger partial charge in [0.15, 0.2) is 0 Å². The molecule has 2 nitrogen and oxygen atoms in total. The monoisotopic (exact) mass is 245 g/mol. The SMILES string of the molecule is COc1ccc(C(N)c2ccccc2F)cc1C. The second-order valence-electron chi connectivity index (χ2n) is 4.23. The second kappa shape index (κ2) is 5.19. The summed E-state index contributed by atoms with van der Waals surface area (Å²) >= 11 is 0. The molecule has 0 spiro atoms. The highest BCUT2D eigenvalue weighted by Crippen LogP contribution is 2.26. The van der Waals surface area contributed by atoms with Crippen molar-refractivity contribution in [3.63, 3.8) is 0 Å². The summed E-state index contributed by atoms with van der Waals surface area (Å²) in [6.07, 6.45) is 0. The maximum absolute atomic E-state index is 13.7. The second-order valence-corrected chi connectivity index (χ2v) is 4.23. The van der Waals surface area contributed by atoms with E-state index in [-0.39, 0.29) is 5.82 Å². The molecule has 2 aromatic carbocycles.